The average molecular weight is 421 g/mol. The molecule has 7 nitrogen and oxygen atoms in total. The van der Waals surface area contributed by atoms with Crippen molar-refractivity contribution >= 4 is 32.7 Å². The summed E-state index contributed by atoms with van der Waals surface area (Å²) < 4.78 is 41.2. The number of thiazole rings is 1. The van der Waals surface area contributed by atoms with E-state index in [9.17, 15) is 22.9 Å². The summed E-state index contributed by atoms with van der Waals surface area (Å²) in [6, 6.07) is 8.68. The summed E-state index contributed by atoms with van der Waals surface area (Å²) in [5.41, 5.74) is 0.802. The fraction of sp³-hybridized carbons (Fsp3) is 0.167. The van der Waals surface area contributed by atoms with Crippen molar-refractivity contribution in [3.8, 4) is 0 Å². The molecule has 0 aliphatic carbocycles. The number of nitro benzene ring substituents is 1. The second kappa shape index (κ2) is 7.64. The van der Waals surface area contributed by atoms with E-state index >= 15 is 0 Å². The van der Waals surface area contributed by atoms with Gasteiger partial charge in [-0.05, 0) is 43.7 Å². The normalized spacial score (nSPS) is 11.4. The molecule has 0 radical (unpaired) electrons. The molecule has 0 atom stereocenters. The Balaban J connectivity index is 2.14. The van der Waals surface area contributed by atoms with Crippen molar-refractivity contribution in [3.05, 3.63) is 80.0 Å². The van der Waals surface area contributed by atoms with E-state index in [1.54, 1.807) is 19.2 Å². The van der Waals surface area contributed by atoms with Crippen LogP contribution in [0.4, 0.5) is 15.8 Å². The lowest BCUT2D eigenvalue weighted by Crippen LogP contribution is -2.31. The molecule has 1 heterocycles. The van der Waals surface area contributed by atoms with Crippen LogP contribution in [-0.2, 0) is 16.6 Å². The number of nitrogens with zero attached hydrogens (tertiary/aromatic N) is 3. The predicted molar refractivity (Wildman–Crippen MR) is 104 cm³/mol. The topological polar surface area (TPSA) is 93.4 Å². The average Bonchev–Trinajstić information content (AvgIpc) is 3.05. The van der Waals surface area contributed by atoms with E-state index in [4.69, 9.17) is 0 Å². The molecule has 0 aliphatic heterocycles. The largest absolute Gasteiger partial charge is 0.270 e. The zero-order chi connectivity index (χ0) is 20.5. The predicted octanol–water partition coefficient (Wildman–Crippen LogP) is 4.20. The number of hydrogen-bond donors (Lipinski definition) is 0. The van der Waals surface area contributed by atoms with Gasteiger partial charge in [0.1, 0.15) is 5.82 Å². The molecule has 3 aromatic rings. The van der Waals surface area contributed by atoms with Gasteiger partial charge in [-0.25, -0.2) is 17.8 Å². The highest BCUT2D eigenvalue weighted by atomic mass is 32.2. The van der Waals surface area contributed by atoms with Gasteiger partial charge >= 0.3 is 0 Å². The molecule has 0 bridgehead atoms. The molecule has 1 aromatic heterocycles. The summed E-state index contributed by atoms with van der Waals surface area (Å²) in [7, 11) is -4.17. The molecule has 0 fully saturated rings. The molecule has 10 heteroatoms. The molecule has 0 amide bonds. The summed E-state index contributed by atoms with van der Waals surface area (Å²) in [6.07, 6.45) is 0. The number of non-ortho nitro benzene ring substituents is 1. The van der Waals surface area contributed by atoms with Crippen LogP contribution in [-0.4, -0.2) is 18.3 Å². The van der Waals surface area contributed by atoms with Crippen molar-refractivity contribution in [2.45, 2.75) is 25.3 Å². The van der Waals surface area contributed by atoms with Crippen LogP contribution in [0.2, 0.25) is 0 Å². The lowest BCUT2D eigenvalue weighted by molar-refractivity contribution is -0.385. The quantitative estimate of drug-likeness (QED) is 0.439. The molecule has 28 heavy (non-hydrogen) atoms. The van der Waals surface area contributed by atoms with Gasteiger partial charge in [0, 0.05) is 17.5 Å². The molecule has 146 valence electrons. The van der Waals surface area contributed by atoms with Crippen molar-refractivity contribution in [1.29, 1.82) is 0 Å². The monoisotopic (exact) mass is 421 g/mol. The number of rotatable bonds is 6. The molecule has 0 saturated carbocycles. The molecular formula is C18H16FN3O4S2. The van der Waals surface area contributed by atoms with Gasteiger partial charge in [0.15, 0.2) is 0 Å². The Hall–Kier alpha value is -2.85. The second-order valence-electron chi connectivity index (χ2n) is 6.05. The molecule has 3 rings (SSSR count). The van der Waals surface area contributed by atoms with Gasteiger partial charge in [-0.1, -0.05) is 6.07 Å². The van der Waals surface area contributed by atoms with Crippen LogP contribution in [0.1, 0.15) is 16.3 Å². The van der Waals surface area contributed by atoms with E-state index in [1.165, 1.54) is 35.6 Å². The third-order valence-corrected chi connectivity index (χ3v) is 6.78. The van der Waals surface area contributed by atoms with Crippen molar-refractivity contribution in [2.24, 2.45) is 0 Å². The first kappa shape index (κ1) is 19.9. The minimum atomic E-state index is -4.17. The first-order valence-electron chi connectivity index (χ1n) is 8.13. The van der Waals surface area contributed by atoms with E-state index in [0.29, 0.717) is 11.3 Å². The summed E-state index contributed by atoms with van der Waals surface area (Å²) in [4.78, 5) is 14.6. The van der Waals surface area contributed by atoms with E-state index in [2.05, 4.69) is 4.98 Å². The van der Waals surface area contributed by atoms with Gasteiger partial charge < -0.3 is 0 Å². The number of benzene rings is 2. The Morgan fingerprint density at radius 2 is 1.86 bits per heavy atom. The van der Waals surface area contributed by atoms with Crippen LogP contribution in [0.3, 0.4) is 0 Å². The molecule has 0 unspecified atom stereocenters. The standard InChI is InChI=1S/C18H16FN3O4S2/c1-12-3-6-17(22(23)24)9-18(12)28(25,26)21(10-15-11-27-13(2)20-15)16-7-4-14(19)5-8-16/h3-9,11H,10H2,1-2H3. The van der Waals surface area contributed by atoms with E-state index < -0.39 is 20.8 Å². The van der Waals surface area contributed by atoms with Crippen molar-refractivity contribution in [2.75, 3.05) is 4.31 Å². The van der Waals surface area contributed by atoms with Crippen LogP contribution >= 0.6 is 11.3 Å². The van der Waals surface area contributed by atoms with Crippen molar-refractivity contribution in [3.63, 3.8) is 0 Å². The lowest BCUT2D eigenvalue weighted by atomic mass is 10.2. The lowest BCUT2D eigenvalue weighted by Gasteiger charge is -2.24. The Kier molecular flexibility index (Phi) is 5.43. The number of halogens is 1. The van der Waals surface area contributed by atoms with Gasteiger partial charge in [0.05, 0.1) is 32.8 Å². The van der Waals surface area contributed by atoms with Gasteiger partial charge in [-0.3, -0.25) is 14.4 Å². The zero-order valence-electron chi connectivity index (χ0n) is 15.0. The van der Waals surface area contributed by atoms with Crippen LogP contribution in [0, 0.1) is 29.8 Å². The maximum atomic E-state index is 13.4. The fourth-order valence-corrected chi connectivity index (χ4v) is 4.94. The van der Waals surface area contributed by atoms with Crippen molar-refractivity contribution < 1.29 is 17.7 Å². The molecule has 0 spiro atoms. The number of nitro groups is 1. The molecule has 0 saturated heterocycles. The maximum absolute atomic E-state index is 13.4. The third-order valence-electron chi connectivity index (χ3n) is 4.04. The third kappa shape index (κ3) is 4.02. The van der Waals surface area contributed by atoms with Gasteiger partial charge in [-0.15, -0.1) is 11.3 Å². The second-order valence-corrected chi connectivity index (χ2v) is 8.95. The highest BCUT2D eigenvalue weighted by Crippen LogP contribution is 2.30. The molecular weight excluding hydrogens is 405 g/mol. The summed E-state index contributed by atoms with van der Waals surface area (Å²) in [5.74, 6) is -0.503. The first-order valence-corrected chi connectivity index (χ1v) is 10.4. The fourth-order valence-electron chi connectivity index (χ4n) is 2.65. The van der Waals surface area contributed by atoms with Gasteiger partial charge in [-0.2, -0.15) is 0 Å². The SMILES string of the molecule is Cc1nc(CN(c2ccc(F)cc2)S(=O)(=O)c2cc([N+](=O)[O-])ccc2C)cs1. The Bertz CT molecular complexity index is 1130. The number of anilines is 1. The van der Waals surface area contributed by atoms with Gasteiger partial charge in [0.2, 0.25) is 0 Å². The first-order chi connectivity index (χ1) is 13.2. The van der Waals surface area contributed by atoms with Crippen LogP contribution in [0.5, 0.6) is 0 Å². The van der Waals surface area contributed by atoms with E-state index in [-0.39, 0.29) is 22.8 Å². The molecule has 2 aromatic carbocycles. The van der Waals surface area contributed by atoms with Crippen molar-refractivity contribution in [1.82, 2.24) is 4.98 Å². The minimum Gasteiger partial charge on any atom is -0.260 e. The Morgan fingerprint density at radius 3 is 2.43 bits per heavy atom. The highest BCUT2D eigenvalue weighted by Gasteiger charge is 2.29. The summed E-state index contributed by atoms with van der Waals surface area (Å²) >= 11 is 1.38. The van der Waals surface area contributed by atoms with E-state index in [1.807, 2.05) is 0 Å². The molecule has 0 aliphatic rings. The summed E-state index contributed by atoms with van der Waals surface area (Å²) in [5, 5.41) is 13.6. The van der Waals surface area contributed by atoms with Crippen LogP contribution in [0.25, 0.3) is 0 Å². The molecule has 0 N–H and O–H groups in total. The van der Waals surface area contributed by atoms with Crippen LogP contribution < -0.4 is 4.31 Å². The smallest absolute Gasteiger partial charge is 0.260 e. The minimum absolute atomic E-state index is 0.0829. The highest BCUT2D eigenvalue weighted by molar-refractivity contribution is 7.92. The number of aryl methyl sites for hydroxylation is 2. The van der Waals surface area contributed by atoms with Gasteiger partial charge in [0.25, 0.3) is 15.7 Å². The number of aromatic nitrogens is 1. The Morgan fingerprint density at radius 1 is 1.18 bits per heavy atom. The zero-order valence-corrected chi connectivity index (χ0v) is 16.6. The maximum Gasteiger partial charge on any atom is 0.270 e. The summed E-state index contributed by atoms with van der Waals surface area (Å²) in [6.45, 7) is 3.28. The van der Waals surface area contributed by atoms with Crippen LogP contribution in [0.15, 0.2) is 52.7 Å². The van der Waals surface area contributed by atoms with E-state index in [0.717, 1.165) is 27.5 Å². The Labute approximate surface area is 165 Å². The number of hydrogen-bond acceptors (Lipinski definition) is 6. The number of sulfonamides is 1.